The summed E-state index contributed by atoms with van der Waals surface area (Å²) in [6, 6.07) is 5.39. The van der Waals surface area contributed by atoms with Crippen LogP contribution < -0.4 is 10.6 Å². The molecule has 0 aliphatic rings. The molecule has 6 heteroatoms. The van der Waals surface area contributed by atoms with Gasteiger partial charge in [0.05, 0.1) is 6.54 Å². The average molecular weight is 265 g/mol. The second-order valence-corrected chi connectivity index (χ2v) is 4.16. The van der Waals surface area contributed by atoms with Crippen LogP contribution in [0.5, 0.6) is 0 Å². The Kier molecular flexibility index (Phi) is 3.84. The van der Waals surface area contributed by atoms with Crippen LogP contribution >= 0.6 is 11.6 Å². The molecule has 1 heterocycles. The summed E-state index contributed by atoms with van der Waals surface area (Å²) in [7, 11) is 0. The largest absolute Gasteiger partial charge is 0.347 e. The predicted molar refractivity (Wildman–Crippen MR) is 71.9 cm³/mol. The average Bonchev–Trinajstić information content (AvgIpc) is 2.86. The summed E-state index contributed by atoms with van der Waals surface area (Å²) >= 11 is 5.97. The number of imidazole rings is 1. The lowest BCUT2D eigenvalue weighted by molar-refractivity contribution is -0.114. The molecule has 18 heavy (non-hydrogen) atoms. The van der Waals surface area contributed by atoms with Crippen molar-refractivity contribution in [3.05, 3.63) is 41.2 Å². The van der Waals surface area contributed by atoms with Crippen molar-refractivity contribution in [2.45, 2.75) is 6.92 Å². The quantitative estimate of drug-likeness (QED) is 0.794. The number of nitrogens with zero attached hydrogens (tertiary/aromatic N) is 1. The molecular formula is C12H13ClN4O. The summed E-state index contributed by atoms with van der Waals surface area (Å²) < 4.78 is 0. The van der Waals surface area contributed by atoms with E-state index < -0.39 is 0 Å². The van der Waals surface area contributed by atoms with Crippen molar-refractivity contribution < 1.29 is 4.79 Å². The van der Waals surface area contributed by atoms with Gasteiger partial charge < -0.3 is 15.6 Å². The molecule has 5 nitrogen and oxygen atoms in total. The van der Waals surface area contributed by atoms with Gasteiger partial charge in [0.2, 0.25) is 11.9 Å². The molecule has 0 saturated heterocycles. The Morgan fingerprint density at radius 3 is 3.06 bits per heavy atom. The number of aromatic nitrogens is 2. The van der Waals surface area contributed by atoms with E-state index in [1.54, 1.807) is 24.5 Å². The number of benzene rings is 1. The number of hydrogen-bond acceptors (Lipinski definition) is 3. The van der Waals surface area contributed by atoms with Gasteiger partial charge in [-0.1, -0.05) is 17.7 Å². The highest BCUT2D eigenvalue weighted by molar-refractivity contribution is 6.31. The number of carbonyl (C=O) groups excluding carboxylic acids is 1. The van der Waals surface area contributed by atoms with Crippen molar-refractivity contribution in [3.8, 4) is 0 Å². The summed E-state index contributed by atoms with van der Waals surface area (Å²) in [6.45, 7) is 2.00. The standard InChI is InChI=1S/C12H13ClN4O/c1-8-9(13)3-2-4-10(8)17-11(18)7-16-12-14-5-6-15-12/h2-6H,7H2,1H3,(H,17,18)(H2,14,15,16). The number of anilines is 2. The van der Waals surface area contributed by atoms with Gasteiger partial charge in [-0.3, -0.25) is 4.79 Å². The smallest absolute Gasteiger partial charge is 0.243 e. The Balaban J connectivity index is 1.93. The van der Waals surface area contributed by atoms with Crippen LogP contribution in [0.3, 0.4) is 0 Å². The first-order valence-corrected chi connectivity index (χ1v) is 5.83. The Bertz CT molecular complexity index is 539. The van der Waals surface area contributed by atoms with Crippen LogP contribution in [0.2, 0.25) is 5.02 Å². The molecular weight excluding hydrogens is 252 g/mol. The summed E-state index contributed by atoms with van der Waals surface area (Å²) in [5.41, 5.74) is 1.57. The maximum atomic E-state index is 11.7. The molecule has 0 atom stereocenters. The Morgan fingerprint density at radius 2 is 2.33 bits per heavy atom. The van der Waals surface area contributed by atoms with Gasteiger partial charge in [0.1, 0.15) is 0 Å². The van der Waals surface area contributed by atoms with Crippen molar-refractivity contribution in [2.75, 3.05) is 17.2 Å². The molecule has 0 saturated carbocycles. The third-order valence-corrected chi connectivity index (χ3v) is 2.87. The Labute approximate surface area is 110 Å². The Morgan fingerprint density at radius 1 is 1.50 bits per heavy atom. The van der Waals surface area contributed by atoms with Crippen LogP contribution in [0.15, 0.2) is 30.6 Å². The van der Waals surface area contributed by atoms with Crippen LogP contribution in [0, 0.1) is 6.92 Å². The monoisotopic (exact) mass is 264 g/mol. The molecule has 0 aliphatic carbocycles. The van der Waals surface area contributed by atoms with Crippen LogP contribution in [-0.4, -0.2) is 22.4 Å². The molecule has 0 fully saturated rings. The number of nitrogens with one attached hydrogen (secondary N) is 3. The maximum absolute atomic E-state index is 11.7. The van der Waals surface area contributed by atoms with Crippen LogP contribution in [-0.2, 0) is 4.79 Å². The van der Waals surface area contributed by atoms with E-state index in [0.717, 1.165) is 5.56 Å². The van der Waals surface area contributed by atoms with E-state index in [0.29, 0.717) is 16.7 Å². The number of carbonyl (C=O) groups is 1. The predicted octanol–water partition coefficient (Wildman–Crippen LogP) is 2.42. The number of hydrogen-bond donors (Lipinski definition) is 3. The fourth-order valence-corrected chi connectivity index (χ4v) is 1.64. The molecule has 1 amide bonds. The first-order chi connectivity index (χ1) is 8.66. The lowest BCUT2D eigenvalue weighted by Gasteiger charge is -2.09. The first-order valence-electron chi connectivity index (χ1n) is 5.45. The van der Waals surface area contributed by atoms with Gasteiger partial charge in [0.25, 0.3) is 0 Å². The number of rotatable bonds is 4. The number of H-pyrrole nitrogens is 1. The fourth-order valence-electron chi connectivity index (χ4n) is 1.46. The maximum Gasteiger partial charge on any atom is 0.243 e. The van der Waals surface area contributed by atoms with Crippen LogP contribution in [0.25, 0.3) is 0 Å². The van der Waals surface area contributed by atoms with Crippen LogP contribution in [0.4, 0.5) is 11.6 Å². The van der Waals surface area contributed by atoms with E-state index in [9.17, 15) is 4.79 Å². The van der Waals surface area contributed by atoms with E-state index in [2.05, 4.69) is 20.6 Å². The number of halogens is 1. The number of aromatic amines is 1. The Hall–Kier alpha value is -2.01. The van der Waals surface area contributed by atoms with Crippen molar-refractivity contribution in [1.82, 2.24) is 9.97 Å². The van der Waals surface area contributed by atoms with Crippen molar-refractivity contribution in [3.63, 3.8) is 0 Å². The van der Waals surface area contributed by atoms with Crippen molar-refractivity contribution in [1.29, 1.82) is 0 Å². The summed E-state index contributed by atoms with van der Waals surface area (Å²) in [4.78, 5) is 18.5. The highest BCUT2D eigenvalue weighted by Gasteiger charge is 2.06. The number of amides is 1. The van der Waals surface area contributed by atoms with Gasteiger partial charge in [0.15, 0.2) is 0 Å². The minimum atomic E-state index is -0.156. The van der Waals surface area contributed by atoms with Gasteiger partial charge in [-0.25, -0.2) is 4.98 Å². The first kappa shape index (κ1) is 12.4. The third kappa shape index (κ3) is 3.01. The van der Waals surface area contributed by atoms with Crippen molar-refractivity contribution in [2.24, 2.45) is 0 Å². The molecule has 1 aromatic heterocycles. The molecule has 0 aliphatic heterocycles. The minimum Gasteiger partial charge on any atom is -0.347 e. The zero-order valence-corrected chi connectivity index (χ0v) is 10.6. The molecule has 94 valence electrons. The SMILES string of the molecule is Cc1c(Cl)cccc1NC(=O)CNc1ncc[nH]1. The fraction of sp³-hybridized carbons (Fsp3) is 0.167. The minimum absolute atomic E-state index is 0.138. The van der Waals surface area contributed by atoms with E-state index in [1.165, 1.54) is 0 Å². The van der Waals surface area contributed by atoms with E-state index in [4.69, 9.17) is 11.6 Å². The summed E-state index contributed by atoms with van der Waals surface area (Å²) in [6.07, 6.45) is 3.29. The zero-order chi connectivity index (χ0) is 13.0. The van der Waals surface area contributed by atoms with Gasteiger partial charge in [-0.15, -0.1) is 0 Å². The van der Waals surface area contributed by atoms with E-state index in [1.807, 2.05) is 13.0 Å². The molecule has 0 unspecified atom stereocenters. The summed E-state index contributed by atoms with van der Waals surface area (Å²) in [5.74, 6) is 0.407. The zero-order valence-electron chi connectivity index (χ0n) is 9.83. The molecule has 3 N–H and O–H groups in total. The topological polar surface area (TPSA) is 69.8 Å². The molecule has 0 radical (unpaired) electrons. The highest BCUT2D eigenvalue weighted by Crippen LogP contribution is 2.22. The normalized spacial score (nSPS) is 10.1. The van der Waals surface area contributed by atoms with E-state index >= 15 is 0 Å². The molecule has 1 aromatic carbocycles. The lowest BCUT2D eigenvalue weighted by atomic mass is 10.2. The van der Waals surface area contributed by atoms with Crippen molar-refractivity contribution >= 4 is 29.1 Å². The lowest BCUT2D eigenvalue weighted by Crippen LogP contribution is -2.22. The van der Waals surface area contributed by atoms with Gasteiger partial charge in [-0.2, -0.15) is 0 Å². The summed E-state index contributed by atoms with van der Waals surface area (Å²) in [5, 5.41) is 6.28. The van der Waals surface area contributed by atoms with Gasteiger partial charge in [0, 0.05) is 23.1 Å². The molecule has 2 rings (SSSR count). The van der Waals surface area contributed by atoms with Gasteiger partial charge in [-0.05, 0) is 24.6 Å². The second kappa shape index (κ2) is 5.55. The second-order valence-electron chi connectivity index (χ2n) is 3.75. The highest BCUT2D eigenvalue weighted by atomic mass is 35.5. The third-order valence-electron chi connectivity index (χ3n) is 2.46. The van der Waals surface area contributed by atoms with Gasteiger partial charge >= 0.3 is 0 Å². The molecule has 2 aromatic rings. The molecule has 0 spiro atoms. The van der Waals surface area contributed by atoms with Crippen LogP contribution in [0.1, 0.15) is 5.56 Å². The molecule has 0 bridgehead atoms. The van der Waals surface area contributed by atoms with E-state index in [-0.39, 0.29) is 12.5 Å².